The van der Waals surface area contributed by atoms with Crippen molar-refractivity contribution in [3.63, 3.8) is 0 Å². The van der Waals surface area contributed by atoms with Crippen LogP contribution in [0.5, 0.6) is 5.88 Å². The van der Waals surface area contributed by atoms with Crippen LogP contribution in [0.4, 0.5) is 0 Å². The summed E-state index contributed by atoms with van der Waals surface area (Å²) in [5, 5.41) is 15.5. The van der Waals surface area contributed by atoms with Gasteiger partial charge in [-0.2, -0.15) is 14.0 Å². The monoisotopic (exact) mass is 494 g/mol. The third kappa shape index (κ3) is 3.86. The summed E-state index contributed by atoms with van der Waals surface area (Å²) in [7, 11) is 0. The Morgan fingerprint density at radius 1 is 1.24 bits per heavy atom. The summed E-state index contributed by atoms with van der Waals surface area (Å²) in [5.74, 6) is 0.914. The Kier molecular flexibility index (Phi) is 5.66. The molecule has 0 fully saturated rings. The van der Waals surface area contributed by atoms with Gasteiger partial charge in [-0.1, -0.05) is 48.8 Å². The van der Waals surface area contributed by atoms with Crippen molar-refractivity contribution in [3.8, 4) is 28.4 Å². The lowest BCUT2D eigenvalue weighted by atomic mass is 10.0. The lowest BCUT2D eigenvalue weighted by molar-refractivity contribution is -0.671. The topological polar surface area (TPSA) is 97.4 Å². The van der Waals surface area contributed by atoms with Gasteiger partial charge in [0.25, 0.3) is 11.5 Å². The minimum absolute atomic E-state index is 0.0982. The molecule has 34 heavy (non-hydrogen) atoms. The van der Waals surface area contributed by atoms with E-state index >= 15 is 0 Å². The number of aryl methyl sites for hydroxylation is 1. The number of hydrogen-bond donors (Lipinski definition) is 1. The molecule has 8 nitrogen and oxygen atoms in total. The summed E-state index contributed by atoms with van der Waals surface area (Å²) in [6.45, 7) is 6.14. The highest BCUT2D eigenvalue weighted by molar-refractivity contribution is 7.15. The van der Waals surface area contributed by atoms with E-state index in [2.05, 4.69) is 15.1 Å². The maximum Gasteiger partial charge on any atom is 0.354 e. The van der Waals surface area contributed by atoms with Crippen molar-refractivity contribution in [1.82, 2.24) is 19.5 Å². The van der Waals surface area contributed by atoms with Gasteiger partial charge in [0.2, 0.25) is 11.7 Å². The Balaban J connectivity index is 1.72. The van der Waals surface area contributed by atoms with Crippen LogP contribution in [0, 0.1) is 6.92 Å². The molecule has 5 rings (SSSR count). The van der Waals surface area contributed by atoms with Crippen molar-refractivity contribution in [2.75, 3.05) is 0 Å². The normalized spacial score (nSPS) is 11.6. The predicted molar refractivity (Wildman–Crippen MR) is 129 cm³/mol. The van der Waals surface area contributed by atoms with Crippen LogP contribution in [-0.2, 0) is 6.54 Å². The van der Waals surface area contributed by atoms with Crippen LogP contribution in [0.25, 0.3) is 28.2 Å². The highest BCUT2D eigenvalue weighted by atomic mass is 35.5. The molecule has 172 valence electrons. The van der Waals surface area contributed by atoms with Crippen molar-refractivity contribution >= 4 is 28.6 Å². The van der Waals surface area contributed by atoms with Gasteiger partial charge in [0.15, 0.2) is 10.0 Å². The smallest absolute Gasteiger partial charge is 0.354 e. The van der Waals surface area contributed by atoms with E-state index in [-0.39, 0.29) is 22.9 Å². The summed E-state index contributed by atoms with van der Waals surface area (Å²) in [4.78, 5) is 23.0. The van der Waals surface area contributed by atoms with Crippen LogP contribution < -0.4 is 10.1 Å². The number of halogens is 1. The zero-order valence-corrected chi connectivity index (χ0v) is 20.3. The first-order valence-corrected chi connectivity index (χ1v) is 11.8. The molecule has 0 bridgehead atoms. The van der Waals surface area contributed by atoms with Crippen molar-refractivity contribution in [1.29, 1.82) is 0 Å². The molecule has 0 saturated heterocycles. The Hall–Kier alpha value is -3.56. The largest absolute Gasteiger partial charge is 0.477 e. The van der Waals surface area contributed by atoms with Crippen LogP contribution in [0.15, 0.2) is 58.1 Å². The Morgan fingerprint density at radius 3 is 2.74 bits per heavy atom. The molecule has 0 spiro atoms. The molecule has 0 aliphatic heterocycles. The Bertz CT molecular complexity index is 1590. The molecule has 0 unspecified atom stereocenters. The molecule has 0 aliphatic carbocycles. The van der Waals surface area contributed by atoms with Crippen LogP contribution >= 0.6 is 22.9 Å². The molecule has 4 heterocycles. The lowest BCUT2D eigenvalue weighted by Crippen LogP contribution is -2.41. The highest BCUT2D eigenvalue weighted by Gasteiger charge is 2.27. The number of rotatable bonds is 5. The number of benzene rings is 1. The average molecular weight is 495 g/mol. The van der Waals surface area contributed by atoms with Crippen LogP contribution in [0.2, 0.25) is 4.47 Å². The van der Waals surface area contributed by atoms with Gasteiger partial charge in [-0.3, -0.25) is 0 Å². The number of fused-ring (bicyclic) bond motifs is 1. The molecule has 4 aromatic heterocycles. The summed E-state index contributed by atoms with van der Waals surface area (Å²) in [5.41, 5.74) is 2.51. The maximum atomic E-state index is 13.6. The zero-order chi connectivity index (χ0) is 24.0. The average Bonchev–Trinajstić information content (AvgIpc) is 3.47. The van der Waals surface area contributed by atoms with Gasteiger partial charge >= 0.3 is 5.56 Å². The van der Waals surface area contributed by atoms with Crippen molar-refractivity contribution in [2.45, 2.75) is 33.2 Å². The second kappa shape index (κ2) is 8.66. The number of pyridine rings is 1. The van der Waals surface area contributed by atoms with Gasteiger partial charge < -0.3 is 9.63 Å². The van der Waals surface area contributed by atoms with E-state index in [4.69, 9.17) is 16.1 Å². The third-order valence-corrected chi connectivity index (χ3v) is 6.61. The predicted octanol–water partition coefficient (Wildman–Crippen LogP) is 4.60. The minimum Gasteiger partial charge on any atom is -0.477 e. The fourth-order valence-corrected chi connectivity index (χ4v) is 4.85. The summed E-state index contributed by atoms with van der Waals surface area (Å²) in [6.07, 6.45) is 3.36. The first-order valence-electron chi connectivity index (χ1n) is 10.6. The first kappa shape index (κ1) is 22.2. The number of hydrogen-bond acceptors (Lipinski definition) is 7. The molecule has 0 radical (unpaired) electrons. The standard InChI is InChI=1S/C24H20ClN5O3S/c1-13(2)20-27-19(28-33-20)16-8-4-7-15(10-16)18-22(31)29-9-5-6-14(3)21(29)30(23(18)32)12-17-11-26-24(25)34-17/h4-11,13H,12H2,1-3H3/p+1. The molecule has 0 atom stereocenters. The molecular formula is C24H21ClN5O3S+. The Morgan fingerprint density at radius 2 is 2.03 bits per heavy atom. The fourth-order valence-electron chi connectivity index (χ4n) is 3.88. The molecular weight excluding hydrogens is 474 g/mol. The molecule has 10 heteroatoms. The summed E-state index contributed by atoms with van der Waals surface area (Å²) < 4.78 is 9.00. The van der Waals surface area contributed by atoms with Gasteiger partial charge in [-0.05, 0) is 30.7 Å². The molecule has 0 aliphatic rings. The zero-order valence-electron chi connectivity index (χ0n) is 18.7. The van der Waals surface area contributed by atoms with E-state index in [0.29, 0.717) is 39.5 Å². The van der Waals surface area contributed by atoms with Crippen LogP contribution in [-0.4, -0.2) is 24.6 Å². The molecule has 1 aromatic carbocycles. The maximum absolute atomic E-state index is 13.6. The van der Waals surface area contributed by atoms with Crippen LogP contribution in [0.1, 0.15) is 36.1 Å². The van der Waals surface area contributed by atoms with Gasteiger partial charge in [0, 0.05) is 23.2 Å². The van der Waals surface area contributed by atoms with E-state index in [9.17, 15) is 9.90 Å². The van der Waals surface area contributed by atoms with Crippen LogP contribution in [0.3, 0.4) is 0 Å². The second-order valence-electron chi connectivity index (χ2n) is 8.25. The van der Waals surface area contributed by atoms with E-state index in [1.165, 1.54) is 11.3 Å². The van der Waals surface area contributed by atoms with E-state index < -0.39 is 0 Å². The molecule has 0 saturated carbocycles. The van der Waals surface area contributed by atoms with Gasteiger partial charge in [0.1, 0.15) is 6.54 Å². The number of aromatic hydroxyl groups is 1. The molecule has 5 aromatic rings. The van der Waals surface area contributed by atoms with E-state index in [0.717, 1.165) is 10.4 Å². The number of thiazole rings is 1. The number of nitrogens with zero attached hydrogens (tertiary/aromatic N) is 5. The summed E-state index contributed by atoms with van der Waals surface area (Å²) in [6, 6.07) is 10.9. The molecule has 0 amide bonds. The van der Waals surface area contributed by atoms with Gasteiger partial charge in [0.05, 0.1) is 11.1 Å². The minimum atomic E-state index is -0.331. The quantitative estimate of drug-likeness (QED) is 0.359. The van der Waals surface area contributed by atoms with E-state index in [1.807, 2.05) is 39.0 Å². The van der Waals surface area contributed by atoms with Crippen molar-refractivity contribution in [2.24, 2.45) is 0 Å². The second-order valence-corrected chi connectivity index (χ2v) is 9.94. The lowest BCUT2D eigenvalue weighted by Gasteiger charge is -2.11. The van der Waals surface area contributed by atoms with Crippen molar-refractivity contribution in [3.05, 3.63) is 79.9 Å². The summed E-state index contributed by atoms with van der Waals surface area (Å²) >= 11 is 7.35. The van der Waals surface area contributed by atoms with Gasteiger partial charge in [-0.15, -0.1) is 11.3 Å². The number of aromatic nitrogens is 5. The molecule has 1 N–H and O–H groups in total. The van der Waals surface area contributed by atoms with E-state index in [1.54, 1.807) is 39.6 Å². The fraction of sp³-hybridized carbons (Fsp3) is 0.208. The Labute approximate surface area is 203 Å². The first-order chi connectivity index (χ1) is 16.3. The van der Waals surface area contributed by atoms with Crippen molar-refractivity contribution < 1.29 is 14.2 Å². The SMILES string of the molecule is Cc1cccn2c(=O)c(-c3cccc(-c4noc(C(C)C)n4)c3)c(O)[n+](Cc3cnc(Cl)s3)c12. The van der Waals surface area contributed by atoms with Gasteiger partial charge in [-0.25, -0.2) is 9.78 Å². The third-order valence-electron chi connectivity index (χ3n) is 5.51. The highest BCUT2D eigenvalue weighted by Crippen LogP contribution is 2.29.